The molecule has 2 unspecified atom stereocenters. The second-order valence-electron chi connectivity index (χ2n) is 5.64. The normalized spacial score (nSPS) is 20.0. The Bertz CT molecular complexity index is 371. The van der Waals surface area contributed by atoms with E-state index >= 15 is 0 Å². The minimum absolute atomic E-state index is 0.414. The molecule has 1 aromatic rings. The van der Waals surface area contributed by atoms with Crippen molar-refractivity contribution < 1.29 is 9.47 Å². The van der Waals surface area contributed by atoms with Gasteiger partial charge in [0.25, 0.3) is 0 Å². The molecule has 1 heterocycles. The van der Waals surface area contributed by atoms with Crippen molar-refractivity contribution in [2.75, 3.05) is 20.3 Å². The molecular formula is C17H27NO2. The highest BCUT2D eigenvalue weighted by atomic mass is 16.5. The van der Waals surface area contributed by atoms with Crippen molar-refractivity contribution in [3.05, 3.63) is 29.8 Å². The molecule has 1 saturated heterocycles. The number of aryl methyl sites for hydroxylation is 1. The summed E-state index contributed by atoms with van der Waals surface area (Å²) in [7, 11) is 2.01. The van der Waals surface area contributed by atoms with Crippen LogP contribution in [0.25, 0.3) is 0 Å². The van der Waals surface area contributed by atoms with Crippen LogP contribution in [-0.2, 0) is 11.2 Å². The molecule has 3 nitrogen and oxygen atoms in total. The van der Waals surface area contributed by atoms with Crippen LogP contribution in [0.4, 0.5) is 0 Å². The summed E-state index contributed by atoms with van der Waals surface area (Å²) < 4.78 is 11.4. The SMILES string of the molecule is CNC(C)CCc1ccc(OCCC2CCCO2)cc1. The number of benzene rings is 1. The van der Waals surface area contributed by atoms with Crippen molar-refractivity contribution in [3.63, 3.8) is 0 Å². The summed E-state index contributed by atoms with van der Waals surface area (Å²) in [6.07, 6.45) is 6.07. The molecule has 1 N–H and O–H groups in total. The van der Waals surface area contributed by atoms with Gasteiger partial charge in [-0.25, -0.2) is 0 Å². The molecule has 2 atom stereocenters. The topological polar surface area (TPSA) is 30.5 Å². The summed E-state index contributed by atoms with van der Waals surface area (Å²) in [5.74, 6) is 0.966. The lowest BCUT2D eigenvalue weighted by Gasteiger charge is -2.12. The lowest BCUT2D eigenvalue weighted by atomic mass is 10.1. The minimum atomic E-state index is 0.414. The summed E-state index contributed by atoms with van der Waals surface area (Å²) in [6.45, 7) is 3.88. The van der Waals surface area contributed by atoms with Crippen LogP contribution < -0.4 is 10.1 Å². The van der Waals surface area contributed by atoms with Gasteiger partial charge >= 0.3 is 0 Å². The Balaban J connectivity index is 1.68. The lowest BCUT2D eigenvalue weighted by molar-refractivity contribution is 0.0903. The fourth-order valence-corrected chi connectivity index (χ4v) is 2.46. The molecule has 112 valence electrons. The van der Waals surface area contributed by atoms with Crippen molar-refractivity contribution in [1.29, 1.82) is 0 Å². The zero-order valence-electron chi connectivity index (χ0n) is 12.7. The van der Waals surface area contributed by atoms with Gasteiger partial charge in [0, 0.05) is 19.1 Å². The van der Waals surface area contributed by atoms with Gasteiger partial charge in [0.2, 0.25) is 0 Å². The van der Waals surface area contributed by atoms with Gasteiger partial charge < -0.3 is 14.8 Å². The Kier molecular flexibility index (Phi) is 6.34. The molecule has 1 fully saturated rings. The maximum atomic E-state index is 5.78. The first kappa shape index (κ1) is 15.3. The van der Waals surface area contributed by atoms with Crippen molar-refractivity contribution in [2.45, 2.75) is 51.2 Å². The van der Waals surface area contributed by atoms with Crippen molar-refractivity contribution in [1.82, 2.24) is 5.32 Å². The van der Waals surface area contributed by atoms with E-state index in [-0.39, 0.29) is 0 Å². The first-order chi connectivity index (χ1) is 9.78. The average Bonchev–Trinajstić information content (AvgIpc) is 2.99. The Morgan fingerprint density at radius 3 is 2.80 bits per heavy atom. The Hall–Kier alpha value is -1.06. The van der Waals surface area contributed by atoms with Gasteiger partial charge in [0.15, 0.2) is 0 Å². The third-order valence-electron chi connectivity index (χ3n) is 4.01. The summed E-state index contributed by atoms with van der Waals surface area (Å²) >= 11 is 0. The second kappa shape index (κ2) is 8.28. The highest BCUT2D eigenvalue weighted by Gasteiger charge is 2.14. The van der Waals surface area contributed by atoms with Crippen LogP contribution in [0, 0.1) is 0 Å². The summed E-state index contributed by atoms with van der Waals surface area (Å²) in [6, 6.07) is 9.06. The molecule has 0 bridgehead atoms. The first-order valence-corrected chi connectivity index (χ1v) is 7.78. The highest BCUT2D eigenvalue weighted by Crippen LogP contribution is 2.17. The van der Waals surface area contributed by atoms with Crippen LogP contribution >= 0.6 is 0 Å². The number of nitrogens with one attached hydrogen (secondary N) is 1. The predicted octanol–water partition coefficient (Wildman–Crippen LogP) is 3.18. The monoisotopic (exact) mass is 277 g/mol. The molecule has 0 saturated carbocycles. The molecule has 0 aromatic heterocycles. The zero-order chi connectivity index (χ0) is 14.2. The molecular weight excluding hydrogens is 250 g/mol. The summed E-state index contributed by atoms with van der Waals surface area (Å²) in [4.78, 5) is 0. The molecule has 0 amide bonds. The fourth-order valence-electron chi connectivity index (χ4n) is 2.46. The van der Waals surface area contributed by atoms with Gasteiger partial charge in [-0.15, -0.1) is 0 Å². The molecule has 0 aliphatic carbocycles. The van der Waals surface area contributed by atoms with Crippen molar-refractivity contribution >= 4 is 0 Å². The van der Waals surface area contributed by atoms with E-state index in [0.717, 1.165) is 38.2 Å². The smallest absolute Gasteiger partial charge is 0.119 e. The highest BCUT2D eigenvalue weighted by molar-refractivity contribution is 5.27. The average molecular weight is 277 g/mol. The van der Waals surface area contributed by atoms with Crippen LogP contribution in [0.3, 0.4) is 0 Å². The fraction of sp³-hybridized carbons (Fsp3) is 0.647. The standard InChI is InChI=1S/C17H27NO2/c1-14(18-2)5-6-15-7-9-17(10-8-15)20-13-11-16-4-3-12-19-16/h7-10,14,16,18H,3-6,11-13H2,1-2H3. The second-order valence-corrected chi connectivity index (χ2v) is 5.64. The van der Waals surface area contributed by atoms with Gasteiger partial charge in [0.1, 0.15) is 5.75 Å². The van der Waals surface area contributed by atoms with Gasteiger partial charge in [0.05, 0.1) is 12.7 Å². The zero-order valence-corrected chi connectivity index (χ0v) is 12.7. The van der Waals surface area contributed by atoms with E-state index in [2.05, 4.69) is 36.5 Å². The number of ether oxygens (including phenoxy) is 2. The number of hydrogen-bond acceptors (Lipinski definition) is 3. The van der Waals surface area contributed by atoms with Gasteiger partial charge in [-0.05, 0) is 57.4 Å². The largest absolute Gasteiger partial charge is 0.493 e. The first-order valence-electron chi connectivity index (χ1n) is 7.78. The van der Waals surface area contributed by atoms with E-state index in [1.807, 2.05) is 7.05 Å². The van der Waals surface area contributed by atoms with Gasteiger partial charge in [-0.3, -0.25) is 0 Å². The van der Waals surface area contributed by atoms with Crippen LogP contribution in [-0.4, -0.2) is 32.4 Å². The van der Waals surface area contributed by atoms with Crippen molar-refractivity contribution in [3.8, 4) is 5.75 Å². The molecule has 2 rings (SSSR count). The third-order valence-corrected chi connectivity index (χ3v) is 4.01. The quantitative estimate of drug-likeness (QED) is 0.791. The number of hydrogen-bond donors (Lipinski definition) is 1. The summed E-state index contributed by atoms with van der Waals surface area (Å²) in [5.41, 5.74) is 1.37. The Morgan fingerprint density at radius 2 is 2.15 bits per heavy atom. The van der Waals surface area contributed by atoms with E-state index in [9.17, 15) is 0 Å². The van der Waals surface area contributed by atoms with E-state index in [0.29, 0.717) is 12.1 Å². The minimum Gasteiger partial charge on any atom is -0.493 e. The van der Waals surface area contributed by atoms with Crippen LogP contribution in [0.5, 0.6) is 5.75 Å². The molecule has 20 heavy (non-hydrogen) atoms. The van der Waals surface area contributed by atoms with E-state index in [1.165, 1.54) is 18.4 Å². The predicted molar refractivity (Wildman–Crippen MR) is 82.4 cm³/mol. The molecule has 0 radical (unpaired) electrons. The van der Waals surface area contributed by atoms with Gasteiger partial charge in [-0.2, -0.15) is 0 Å². The van der Waals surface area contributed by atoms with Crippen LogP contribution in [0.2, 0.25) is 0 Å². The lowest BCUT2D eigenvalue weighted by Crippen LogP contribution is -2.21. The Morgan fingerprint density at radius 1 is 1.35 bits per heavy atom. The third kappa shape index (κ3) is 5.14. The van der Waals surface area contributed by atoms with E-state index < -0.39 is 0 Å². The molecule has 1 aliphatic rings. The summed E-state index contributed by atoms with van der Waals surface area (Å²) in [5, 5.41) is 3.26. The van der Waals surface area contributed by atoms with E-state index in [1.54, 1.807) is 0 Å². The number of rotatable bonds is 8. The maximum Gasteiger partial charge on any atom is 0.119 e. The molecule has 0 spiro atoms. The maximum absolute atomic E-state index is 5.78. The molecule has 1 aliphatic heterocycles. The van der Waals surface area contributed by atoms with Crippen LogP contribution in [0.15, 0.2) is 24.3 Å². The molecule has 1 aromatic carbocycles. The van der Waals surface area contributed by atoms with Crippen LogP contribution in [0.1, 0.15) is 38.2 Å². The van der Waals surface area contributed by atoms with E-state index in [4.69, 9.17) is 9.47 Å². The Labute approximate surface area is 122 Å². The molecule has 3 heteroatoms. The van der Waals surface area contributed by atoms with Crippen molar-refractivity contribution in [2.24, 2.45) is 0 Å². The van der Waals surface area contributed by atoms with Gasteiger partial charge in [-0.1, -0.05) is 12.1 Å².